The van der Waals surface area contributed by atoms with Gasteiger partial charge in [0.05, 0.1) is 11.4 Å². The number of hydrogen-bond acceptors (Lipinski definition) is 3. The number of carbonyl (C=O) groups is 1. The first-order valence-corrected chi connectivity index (χ1v) is 6.93. The van der Waals surface area contributed by atoms with Gasteiger partial charge in [-0.2, -0.15) is 0 Å². The number of nitrogens with one attached hydrogen (secondary N) is 1. The Hall–Kier alpha value is -3.41. The molecule has 1 aromatic heterocycles. The van der Waals surface area contributed by atoms with Crippen LogP contribution in [0.1, 0.15) is 0 Å². The van der Waals surface area contributed by atoms with Crippen molar-refractivity contribution < 1.29 is 4.79 Å². The van der Waals surface area contributed by atoms with E-state index in [1.54, 1.807) is 48.5 Å². The summed E-state index contributed by atoms with van der Waals surface area (Å²) in [4.78, 5) is 39.4. The highest BCUT2D eigenvalue weighted by Crippen LogP contribution is 2.25. The molecule has 3 rings (SSSR count). The van der Waals surface area contributed by atoms with Crippen molar-refractivity contribution in [3.05, 3.63) is 93.8 Å². The molecule has 114 valence electrons. The first kappa shape index (κ1) is 14.5. The molecule has 1 N–H and O–H groups in total. The molecular formula is C17H13N3O3. The maximum Gasteiger partial charge on any atom is 0.341 e. The predicted molar refractivity (Wildman–Crippen MR) is 87.1 cm³/mol. The molecule has 2 aromatic carbocycles. The van der Waals surface area contributed by atoms with Gasteiger partial charge in [0, 0.05) is 12.3 Å². The fourth-order valence-electron chi connectivity index (χ4n) is 2.20. The first-order chi connectivity index (χ1) is 11.2. The smallest absolute Gasteiger partial charge is 0.274 e. The third kappa shape index (κ3) is 2.96. The van der Waals surface area contributed by atoms with Crippen LogP contribution in [0, 0.1) is 0 Å². The molecule has 0 unspecified atom stereocenters. The maximum absolute atomic E-state index is 12.8. The average molecular weight is 307 g/mol. The number of H-pyrrole nitrogens is 1. The number of hydrogen-bond donors (Lipinski definition) is 1. The normalized spacial score (nSPS) is 10.3. The molecule has 6 nitrogen and oxygen atoms in total. The van der Waals surface area contributed by atoms with Crippen molar-refractivity contribution in [2.24, 2.45) is 0 Å². The van der Waals surface area contributed by atoms with E-state index in [0.29, 0.717) is 11.4 Å². The quantitative estimate of drug-likeness (QED) is 0.789. The van der Waals surface area contributed by atoms with Crippen LogP contribution >= 0.6 is 0 Å². The minimum absolute atomic E-state index is 0.551. The van der Waals surface area contributed by atoms with Gasteiger partial charge in [-0.25, -0.2) is 14.2 Å². The number of benzene rings is 2. The van der Waals surface area contributed by atoms with Crippen molar-refractivity contribution in [2.45, 2.75) is 0 Å². The third-order valence-electron chi connectivity index (χ3n) is 3.25. The summed E-state index contributed by atoms with van der Waals surface area (Å²) < 4.78 is 0.862. The zero-order valence-corrected chi connectivity index (χ0v) is 12.0. The number of aromatic amines is 1. The number of anilines is 2. The van der Waals surface area contributed by atoms with Crippen LogP contribution in [-0.4, -0.2) is 15.6 Å². The fourth-order valence-corrected chi connectivity index (χ4v) is 2.20. The molecule has 0 radical (unpaired) electrons. The van der Waals surface area contributed by atoms with Crippen molar-refractivity contribution >= 4 is 17.4 Å². The van der Waals surface area contributed by atoms with Gasteiger partial charge in [-0.05, 0) is 24.3 Å². The zero-order chi connectivity index (χ0) is 16.2. The van der Waals surface area contributed by atoms with Gasteiger partial charge in [0.25, 0.3) is 5.56 Å². The number of rotatable bonds is 2. The second-order valence-electron chi connectivity index (χ2n) is 4.77. The standard InChI is InChI=1S/C17H13N3O3/c21-15-11-12-19(16(22)18-15)17(23)20(13-7-3-1-4-8-13)14-9-5-2-6-10-14/h1-12H,(H,18,21,22). The minimum Gasteiger partial charge on any atom is -0.274 e. The molecule has 0 saturated carbocycles. The highest BCUT2D eigenvalue weighted by atomic mass is 16.2. The Morgan fingerprint density at radius 3 is 1.83 bits per heavy atom. The van der Waals surface area contributed by atoms with Crippen LogP contribution in [0.25, 0.3) is 0 Å². The number of nitrogens with zero attached hydrogens (tertiary/aromatic N) is 2. The van der Waals surface area contributed by atoms with Gasteiger partial charge in [-0.15, -0.1) is 0 Å². The number of para-hydroxylation sites is 2. The summed E-state index contributed by atoms with van der Waals surface area (Å²) in [5, 5.41) is 0. The molecule has 0 saturated heterocycles. The Morgan fingerprint density at radius 2 is 1.35 bits per heavy atom. The Labute approximate surface area is 131 Å². The average Bonchev–Trinajstić information content (AvgIpc) is 2.57. The van der Waals surface area contributed by atoms with Crippen molar-refractivity contribution in [1.29, 1.82) is 0 Å². The molecule has 0 spiro atoms. The highest BCUT2D eigenvalue weighted by molar-refractivity contribution is 6.00. The highest BCUT2D eigenvalue weighted by Gasteiger charge is 2.20. The molecule has 23 heavy (non-hydrogen) atoms. The third-order valence-corrected chi connectivity index (χ3v) is 3.25. The molecule has 0 atom stereocenters. The molecule has 1 heterocycles. The lowest BCUT2D eigenvalue weighted by Gasteiger charge is -2.23. The molecular weight excluding hydrogens is 294 g/mol. The lowest BCUT2D eigenvalue weighted by molar-refractivity contribution is 0.249. The van der Waals surface area contributed by atoms with Crippen LogP contribution in [0.15, 0.2) is 82.5 Å². The summed E-state index contributed by atoms with van der Waals surface area (Å²) in [5.74, 6) is 0. The monoisotopic (exact) mass is 307 g/mol. The summed E-state index contributed by atoms with van der Waals surface area (Å²) in [6.07, 6.45) is 1.17. The first-order valence-electron chi connectivity index (χ1n) is 6.93. The van der Waals surface area contributed by atoms with Crippen molar-refractivity contribution in [3.8, 4) is 0 Å². The van der Waals surface area contributed by atoms with Gasteiger partial charge in [0.15, 0.2) is 0 Å². The Balaban J connectivity index is 2.14. The van der Waals surface area contributed by atoms with Crippen LogP contribution in [0.2, 0.25) is 0 Å². The molecule has 0 aliphatic heterocycles. The van der Waals surface area contributed by atoms with Crippen LogP contribution in [0.3, 0.4) is 0 Å². The van der Waals surface area contributed by atoms with E-state index in [1.807, 2.05) is 12.1 Å². The van der Waals surface area contributed by atoms with Crippen LogP contribution in [0.4, 0.5) is 16.2 Å². The second-order valence-corrected chi connectivity index (χ2v) is 4.77. The molecule has 0 aliphatic carbocycles. The van der Waals surface area contributed by atoms with Gasteiger partial charge in [-0.1, -0.05) is 36.4 Å². The zero-order valence-electron chi connectivity index (χ0n) is 12.0. The van der Waals surface area contributed by atoms with E-state index in [9.17, 15) is 14.4 Å². The van der Waals surface area contributed by atoms with E-state index in [4.69, 9.17) is 0 Å². The lowest BCUT2D eigenvalue weighted by atomic mass is 10.2. The summed E-state index contributed by atoms with van der Waals surface area (Å²) >= 11 is 0. The van der Waals surface area contributed by atoms with E-state index in [1.165, 1.54) is 11.1 Å². The molecule has 6 heteroatoms. The summed E-state index contributed by atoms with van der Waals surface area (Å²) in [7, 11) is 0. The predicted octanol–water partition coefficient (Wildman–Crippen LogP) is 2.34. The van der Waals surface area contributed by atoms with E-state index >= 15 is 0 Å². The topological polar surface area (TPSA) is 75.2 Å². The number of aromatic nitrogens is 2. The van der Waals surface area contributed by atoms with E-state index in [0.717, 1.165) is 10.6 Å². The van der Waals surface area contributed by atoms with Gasteiger partial charge < -0.3 is 0 Å². The molecule has 0 bridgehead atoms. The summed E-state index contributed by atoms with van der Waals surface area (Å²) in [6.45, 7) is 0. The van der Waals surface area contributed by atoms with Gasteiger partial charge in [0.1, 0.15) is 0 Å². The summed E-state index contributed by atoms with van der Waals surface area (Å²) in [5.41, 5.74) is -0.104. The van der Waals surface area contributed by atoms with Gasteiger partial charge in [0.2, 0.25) is 0 Å². The second kappa shape index (κ2) is 6.15. The van der Waals surface area contributed by atoms with Crippen LogP contribution < -0.4 is 16.1 Å². The largest absolute Gasteiger partial charge is 0.341 e. The van der Waals surface area contributed by atoms with E-state index in [-0.39, 0.29) is 0 Å². The van der Waals surface area contributed by atoms with Crippen molar-refractivity contribution in [2.75, 3.05) is 4.90 Å². The molecule has 3 aromatic rings. The molecule has 0 aliphatic rings. The van der Waals surface area contributed by atoms with Crippen molar-refractivity contribution in [3.63, 3.8) is 0 Å². The van der Waals surface area contributed by atoms with Crippen LogP contribution in [0.5, 0.6) is 0 Å². The summed E-state index contributed by atoms with van der Waals surface area (Å²) in [6, 6.07) is 18.5. The van der Waals surface area contributed by atoms with E-state index in [2.05, 4.69) is 4.98 Å². The fraction of sp³-hybridized carbons (Fsp3) is 0. The molecule has 0 fully saturated rings. The van der Waals surface area contributed by atoms with E-state index < -0.39 is 17.3 Å². The van der Waals surface area contributed by atoms with Crippen LogP contribution in [-0.2, 0) is 0 Å². The Kier molecular flexibility index (Phi) is 3.88. The van der Waals surface area contributed by atoms with Gasteiger partial charge >= 0.3 is 11.7 Å². The SMILES string of the molecule is O=C(N(c1ccccc1)c1ccccc1)n1ccc(=O)[nH]c1=O. The lowest BCUT2D eigenvalue weighted by Crippen LogP contribution is -2.40. The number of carbonyl (C=O) groups excluding carboxylic acids is 1. The maximum atomic E-state index is 12.8. The molecule has 1 amide bonds. The van der Waals surface area contributed by atoms with Crippen molar-refractivity contribution in [1.82, 2.24) is 9.55 Å². The Bertz CT molecular complexity index is 891. The van der Waals surface area contributed by atoms with Gasteiger partial charge in [-0.3, -0.25) is 14.7 Å². The minimum atomic E-state index is -0.778. The Morgan fingerprint density at radius 1 is 0.826 bits per heavy atom. The number of amides is 1.